The van der Waals surface area contributed by atoms with Gasteiger partial charge in [0.25, 0.3) is 0 Å². The van der Waals surface area contributed by atoms with Crippen LogP contribution in [0.1, 0.15) is 0 Å². The van der Waals surface area contributed by atoms with Gasteiger partial charge in [0.2, 0.25) is 5.91 Å². The molecule has 6 nitrogen and oxygen atoms in total. The standard InChI is InChI=1S/C13H16N4O2/c1-19-7-6-14-13(18)9-16-12-8-15-10-4-2-3-5-11(10)17-12/h2-5,8H,6-7,9H2,1H3,(H,14,18)(H,16,17). The number of methoxy groups -OCH3 is 1. The van der Waals surface area contributed by atoms with Gasteiger partial charge in [-0.2, -0.15) is 0 Å². The summed E-state index contributed by atoms with van der Waals surface area (Å²) >= 11 is 0. The zero-order valence-electron chi connectivity index (χ0n) is 10.7. The van der Waals surface area contributed by atoms with Crippen molar-refractivity contribution >= 4 is 22.8 Å². The van der Waals surface area contributed by atoms with Gasteiger partial charge < -0.3 is 15.4 Å². The SMILES string of the molecule is COCCNC(=O)CNc1cnc2ccccc2n1. The minimum atomic E-state index is -0.105. The van der Waals surface area contributed by atoms with E-state index in [4.69, 9.17) is 4.74 Å². The van der Waals surface area contributed by atoms with Gasteiger partial charge in [0, 0.05) is 13.7 Å². The van der Waals surface area contributed by atoms with E-state index in [9.17, 15) is 4.79 Å². The Hall–Kier alpha value is -2.21. The average Bonchev–Trinajstić information content (AvgIpc) is 2.45. The molecule has 100 valence electrons. The first-order valence-corrected chi connectivity index (χ1v) is 6.01. The fraction of sp³-hybridized carbons (Fsp3) is 0.308. The lowest BCUT2D eigenvalue weighted by molar-refractivity contribution is -0.119. The molecule has 1 heterocycles. The average molecular weight is 260 g/mol. The van der Waals surface area contributed by atoms with E-state index in [1.165, 1.54) is 0 Å². The maximum Gasteiger partial charge on any atom is 0.239 e. The molecule has 0 bridgehead atoms. The Morgan fingerprint density at radius 3 is 2.89 bits per heavy atom. The number of hydrogen-bond donors (Lipinski definition) is 2. The van der Waals surface area contributed by atoms with Gasteiger partial charge in [-0.1, -0.05) is 12.1 Å². The van der Waals surface area contributed by atoms with Gasteiger partial charge in [-0.3, -0.25) is 9.78 Å². The molecular formula is C13H16N4O2. The third-order valence-electron chi connectivity index (χ3n) is 2.51. The summed E-state index contributed by atoms with van der Waals surface area (Å²) in [5, 5.41) is 5.65. The summed E-state index contributed by atoms with van der Waals surface area (Å²) < 4.78 is 4.85. The van der Waals surface area contributed by atoms with Crippen molar-refractivity contribution < 1.29 is 9.53 Å². The number of benzene rings is 1. The van der Waals surface area contributed by atoms with Crippen LogP contribution in [0.3, 0.4) is 0 Å². The number of anilines is 1. The molecule has 1 aromatic heterocycles. The number of nitrogens with one attached hydrogen (secondary N) is 2. The number of amides is 1. The highest BCUT2D eigenvalue weighted by Crippen LogP contribution is 2.10. The quantitative estimate of drug-likeness (QED) is 0.751. The van der Waals surface area contributed by atoms with E-state index in [0.29, 0.717) is 19.0 Å². The second-order valence-corrected chi connectivity index (χ2v) is 3.94. The van der Waals surface area contributed by atoms with Crippen LogP contribution in [0.15, 0.2) is 30.5 Å². The molecule has 2 aromatic rings. The zero-order valence-corrected chi connectivity index (χ0v) is 10.7. The normalized spacial score (nSPS) is 10.4. The highest BCUT2D eigenvalue weighted by Gasteiger charge is 2.02. The van der Waals surface area contributed by atoms with Crippen LogP contribution in [0, 0.1) is 0 Å². The van der Waals surface area contributed by atoms with Crippen LogP contribution in [0.25, 0.3) is 11.0 Å². The zero-order chi connectivity index (χ0) is 13.5. The molecule has 1 aromatic carbocycles. The number of fused-ring (bicyclic) bond motifs is 1. The van der Waals surface area contributed by atoms with Crippen LogP contribution in [-0.4, -0.2) is 42.7 Å². The molecule has 0 saturated carbocycles. The van der Waals surface area contributed by atoms with Gasteiger partial charge in [-0.15, -0.1) is 0 Å². The predicted octanol–water partition coefficient (Wildman–Crippen LogP) is 0.804. The molecule has 0 atom stereocenters. The largest absolute Gasteiger partial charge is 0.383 e. The molecule has 19 heavy (non-hydrogen) atoms. The van der Waals surface area contributed by atoms with E-state index in [-0.39, 0.29) is 12.5 Å². The lowest BCUT2D eigenvalue weighted by Gasteiger charge is -2.07. The molecular weight excluding hydrogens is 244 g/mol. The number of ether oxygens (including phenoxy) is 1. The second kappa shape index (κ2) is 6.65. The number of nitrogens with zero attached hydrogens (tertiary/aromatic N) is 2. The molecule has 0 unspecified atom stereocenters. The lowest BCUT2D eigenvalue weighted by Crippen LogP contribution is -2.32. The number of carbonyl (C=O) groups is 1. The number of carbonyl (C=O) groups excluding carboxylic acids is 1. The van der Waals surface area contributed by atoms with Crippen molar-refractivity contribution in [3.05, 3.63) is 30.5 Å². The van der Waals surface area contributed by atoms with Gasteiger partial charge in [0.05, 0.1) is 30.4 Å². The molecule has 0 aliphatic carbocycles. The Balaban J connectivity index is 1.89. The minimum absolute atomic E-state index is 0.105. The van der Waals surface area contributed by atoms with Crippen molar-refractivity contribution in [3.63, 3.8) is 0 Å². The summed E-state index contributed by atoms with van der Waals surface area (Å²) in [6.07, 6.45) is 1.62. The van der Waals surface area contributed by atoms with E-state index in [1.54, 1.807) is 13.3 Å². The Labute approximate surface area is 111 Å². The minimum Gasteiger partial charge on any atom is -0.383 e. The van der Waals surface area contributed by atoms with Gasteiger partial charge in [-0.25, -0.2) is 4.98 Å². The van der Waals surface area contributed by atoms with E-state index in [1.807, 2.05) is 24.3 Å². The van der Waals surface area contributed by atoms with E-state index < -0.39 is 0 Å². The first-order valence-electron chi connectivity index (χ1n) is 6.01. The van der Waals surface area contributed by atoms with Gasteiger partial charge >= 0.3 is 0 Å². The first-order chi connectivity index (χ1) is 9.29. The van der Waals surface area contributed by atoms with Crippen LogP contribution in [0.4, 0.5) is 5.82 Å². The molecule has 0 spiro atoms. The molecule has 0 radical (unpaired) electrons. The third kappa shape index (κ3) is 3.89. The van der Waals surface area contributed by atoms with Gasteiger partial charge in [0.1, 0.15) is 5.82 Å². The summed E-state index contributed by atoms with van der Waals surface area (Å²) in [7, 11) is 1.59. The molecule has 6 heteroatoms. The molecule has 0 aliphatic heterocycles. The van der Waals surface area contributed by atoms with Crippen LogP contribution in [-0.2, 0) is 9.53 Å². The van der Waals surface area contributed by atoms with Gasteiger partial charge in [-0.05, 0) is 12.1 Å². The molecule has 0 saturated heterocycles. The van der Waals surface area contributed by atoms with E-state index in [2.05, 4.69) is 20.6 Å². The maximum atomic E-state index is 11.5. The predicted molar refractivity (Wildman–Crippen MR) is 72.9 cm³/mol. The molecule has 0 aliphatic rings. The van der Waals surface area contributed by atoms with Crippen molar-refractivity contribution in [1.82, 2.24) is 15.3 Å². The molecule has 1 amide bonds. The highest BCUT2D eigenvalue weighted by atomic mass is 16.5. The topological polar surface area (TPSA) is 76.1 Å². The van der Waals surface area contributed by atoms with Crippen molar-refractivity contribution in [2.75, 3.05) is 32.1 Å². The van der Waals surface area contributed by atoms with E-state index >= 15 is 0 Å². The number of para-hydroxylation sites is 2. The van der Waals surface area contributed by atoms with Crippen molar-refractivity contribution in [3.8, 4) is 0 Å². The van der Waals surface area contributed by atoms with Gasteiger partial charge in [0.15, 0.2) is 0 Å². The summed E-state index contributed by atoms with van der Waals surface area (Å²) in [5.74, 6) is 0.479. The lowest BCUT2D eigenvalue weighted by atomic mass is 10.3. The molecule has 0 fully saturated rings. The molecule has 2 rings (SSSR count). The van der Waals surface area contributed by atoms with Crippen molar-refractivity contribution in [1.29, 1.82) is 0 Å². The molecule has 2 N–H and O–H groups in total. The van der Waals surface area contributed by atoms with Crippen LogP contribution >= 0.6 is 0 Å². The third-order valence-corrected chi connectivity index (χ3v) is 2.51. The summed E-state index contributed by atoms with van der Waals surface area (Å²) in [6, 6.07) is 7.58. The smallest absolute Gasteiger partial charge is 0.239 e. The first kappa shape index (κ1) is 13.2. The summed E-state index contributed by atoms with van der Waals surface area (Å²) in [6.45, 7) is 1.17. The Bertz CT molecular complexity index is 559. The van der Waals surface area contributed by atoms with Crippen LogP contribution in [0.5, 0.6) is 0 Å². The fourth-order valence-electron chi connectivity index (χ4n) is 1.57. The van der Waals surface area contributed by atoms with Crippen LogP contribution in [0.2, 0.25) is 0 Å². The number of rotatable bonds is 6. The maximum absolute atomic E-state index is 11.5. The van der Waals surface area contributed by atoms with E-state index in [0.717, 1.165) is 11.0 Å². The number of hydrogen-bond acceptors (Lipinski definition) is 5. The monoisotopic (exact) mass is 260 g/mol. The van der Waals surface area contributed by atoms with Crippen molar-refractivity contribution in [2.24, 2.45) is 0 Å². The van der Waals surface area contributed by atoms with Crippen LogP contribution < -0.4 is 10.6 Å². The Morgan fingerprint density at radius 2 is 2.11 bits per heavy atom. The second-order valence-electron chi connectivity index (χ2n) is 3.94. The van der Waals surface area contributed by atoms with Crippen molar-refractivity contribution in [2.45, 2.75) is 0 Å². The Kier molecular flexibility index (Phi) is 4.63. The number of aromatic nitrogens is 2. The summed E-state index contributed by atoms with van der Waals surface area (Å²) in [5.41, 5.74) is 1.63. The highest BCUT2D eigenvalue weighted by molar-refractivity contribution is 5.81. The fourth-order valence-corrected chi connectivity index (χ4v) is 1.57. The summed E-state index contributed by atoms with van der Waals surface area (Å²) in [4.78, 5) is 20.1. The Morgan fingerprint density at radius 1 is 1.32 bits per heavy atom.